The van der Waals surface area contributed by atoms with Crippen molar-refractivity contribution in [3.63, 3.8) is 0 Å². The van der Waals surface area contributed by atoms with E-state index in [1.807, 2.05) is 0 Å². The highest BCUT2D eigenvalue weighted by molar-refractivity contribution is 6.33. The number of carbonyl (C=O) groups is 1. The Kier molecular flexibility index (Phi) is 7.39. The summed E-state index contributed by atoms with van der Waals surface area (Å²) in [5.41, 5.74) is 1.08. The number of allylic oxidation sites excluding steroid dienone is 1. The molecule has 0 radical (unpaired) electrons. The summed E-state index contributed by atoms with van der Waals surface area (Å²) < 4.78 is 34.0. The summed E-state index contributed by atoms with van der Waals surface area (Å²) in [4.78, 5) is 26.1. The maximum atomic E-state index is 14.3. The number of fused-ring (bicyclic) bond motifs is 4. The molecule has 204 valence electrons. The van der Waals surface area contributed by atoms with Gasteiger partial charge in [-0.2, -0.15) is 8.78 Å². The lowest BCUT2D eigenvalue weighted by atomic mass is 10.0. The first-order chi connectivity index (χ1) is 18.7. The lowest BCUT2D eigenvalue weighted by molar-refractivity contribution is 0.0526. The van der Waals surface area contributed by atoms with Gasteiger partial charge in [0.2, 0.25) is 0 Å². The normalized spacial score (nSPS) is 17.0. The molecule has 3 N–H and O–H groups in total. The number of carbonyl (C=O) groups excluding carboxylic acids is 1. The maximum absolute atomic E-state index is 14.3. The largest absolute Gasteiger partial charge is 0.491 e. The quantitative estimate of drug-likeness (QED) is 0.351. The molecule has 2 amide bonds. The molecular formula is C27H26ClF2N5O4. The van der Waals surface area contributed by atoms with Crippen LogP contribution in [0.25, 0.3) is 11.3 Å². The van der Waals surface area contributed by atoms with E-state index in [4.69, 9.17) is 26.4 Å². The number of amides is 2. The highest BCUT2D eigenvalue weighted by Crippen LogP contribution is 2.43. The molecule has 0 saturated carbocycles. The number of benzene rings is 1. The van der Waals surface area contributed by atoms with Crippen molar-refractivity contribution in [2.24, 2.45) is 0 Å². The predicted octanol–water partition coefficient (Wildman–Crippen LogP) is 4.44. The molecule has 12 heteroatoms. The number of ether oxygens (including phenoxy) is 1. The molecule has 2 atom stereocenters. The minimum atomic E-state index is -3.23. The second kappa shape index (κ2) is 10.8. The van der Waals surface area contributed by atoms with E-state index < -0.39 is 24.7 Å². The van der Waals surface area contributed by atoms with E-state index in [9.17, 15) is 18.7 Å². The number of pyridine rings is 2. The SMILES string of the molecule is C=CC(F)(F)c1cccc(-c2nc3c(cc2Cl)N2CC[C@@H](C2)N3C(=O)Nc2cc(OC[C@@H](O)CO)ccn2)c1. The molecule has 1 saturated heterocycles. The Morgan fingerprint density at radius 3 is 2.92 bits per heavy atom. The molecular weight excluding hydrogens is 532 g/mol. The number of anilines is 3. The van der Waals surface area contributed by atoms with Gasteiger partial charge < -0.3 is 19.8 Å². The standard InChI is InChI=1S/C27H26ClF2N5O4/c1-2-27(29,30)17-5-3-4-16(10-17)24-21(28)12-22-25(33-24)35(18-7-9-34(22)13-18)26(38)32-23-11-20(6-8-31-23)39-15-19(37)14-36/h2-6,8,10-12,18-19,36-37H,1,7,9,13-15H2,(H,31,32,38)/t18-,19-/m0/s1. The van der Waals surface area contributed by atoms with Crippen molar-refractivity contribution in [1.82, 2.24) is 9.97 Å². The number of hydrogen-bond donors (Lipinski definition) is 3. The smallest absolute Gasteiger partial charge is 0.329 e. The van der Waals surface area contributed by atoms with Crippen LogP contribution in [0.2, 0.25) is 5.02 Å². The third kappa shape index (κ3) is 5.38. The summed E-state index contributed by atoms with van der Waals surface area (Å²) in [6, 6.07) is 9.87. The molecule has 1 aromatic carbocycles. The first-order valence-electron chi connectivity index (χ1n) is 12.3. The van der Waals surface area contributed by atoms with Crippen LogP contribution in [0.4, 0.5) is 30.9 Å². The number of rotatable bonds is 8. The van der Waals surface area contributed by atoms with Gasteiger partial charge in [0.05, 0.1) is 29.1 Å². The lowest BCUT2D eigenvalue weighted by Gasteiger charge is -2.36. The first-order valence-corrected chi connectivity index (χ1v) is 12.6. The molecule has 2 bridgehead atoms. The number of nitrogens with one attached hydrogen (secondary N) is 1. The Balaban J connectivity index is 1.46. The van der Waals surface area contributed by atoms with Crippen LogP contribution in [0, 0.1) is 0 Å². The highest BCUT2D eigenvalue weighted by atomic mass is 35.5. The van der Waals surface area contributed by atoms with Crippen LogP contribution in [-0.4, -0.2) is 64.7 Å². The fraction of sp³-hybridized carbons (Fsp3) is 0.296. The third-order valence-corrected chi connectivity index (χ3v) is 6.94. The van der Waals surface area contributed by atoms with Crippen molar-refractivity contribution in [2.75, 3.05) is 41.4 Å². The van der Waals surface area contributed by atoms with Gasteiger partial charge in [-0.15, -0.1) is 0 Å². The van der Waals surface area contributed by atoms with Crippen molar-refractivity contribution >= 4 is 35.0 Å². The topological polar surface area (TPSA) is 111 Å². The molecule has 5 rings (SSSR count). The predicted molar refractivity (Wildman–Crippen MR) is 144 cm³/mol. The number of halogens is 3. The van der Waals surface area contributed by atoms with Gasteiger partial charge in [0.15, 0.2) is 5.82 Å². The summed E-state index contributed by atoms with van der Waals surface area (Å²) in [6.07, 6.45) is 1.68. The Morgan fingerprint density at radius 2 is 2.15 bits per heavy atom. The van der Waals surface area contributed by atoms with Crippen LogP contribution < -0.4 is 19.9 Å². The van der Waals surface area contributed by atoms with Crippen LogP contribution >= 0.6 is 11.6 Å². The fourth-order valence-electron chi connectivity index (χ4n) is 4.66. The van der Waals surface area contributed by atoms with E-state index in [2.05, 4.69) is 21.8 Å². The molecule has 2 aliphatic heterocycles. The van der Waals surface area contributed by atoms with E-state index in [1.165, 1.54) is 30.5 Å². The van der Waals surface area contributed by atoms with Gasteiger partial charge in [0, 0.05) is 36.5 Å². The van der Waals surface area contributed by atoms with E-state index in [0.717, 1.165) is 0 Å². The minimum absolute atomic E-state index is 0.126. The molecule has 0 aliphatic carbocycles. The van der Waals surface area contributed by atoms with Crippen molar-refractivity contribution < 1.29 is 28.5 Å². The van der Waals surface area contributed by atoms with Gasteiger partial charge in [-0.25, -0.2) is 14.8 Å². The Morgan fingerprint density at radius 1 is 1.33 bits per heavy atom. The summed E-state index contributed by atoms with van der Waals surface area (Å²) in [6.45, 7) is 3.94. The number of aliphatic hydroxyl groups excluding tert-OH is 2. The van der Waals surface area contributed by atoms with E-state index in [-0.39, 0.29) is 34.7 Å². The molecule has 39 heavy (non-hydrogen) atoms. The Hall–Kier alpha value is -3.80. The summed E-state index contributed by atoms with van der Waals surface area (Å²) >= 11 is 6.60. The summed E-state index contributed by atoms with van der Waals surface area (Å²) in [5, 5.41) is 21.5. The van der Waals surface area contributed by atoms with Crippen molar-refractivity contribution in [1.29, 1.82) is 0 Å². The first kappa shape index (κ1) is 26.8. The van der Waals surface area contributed by atoms with Crippen molar-refractivity contribution in [2.45, 2.75) is 24.5 Å². The van der Waals surface area contributed by atoms with Gasteiger partial charge in [-0.1, -0.05) is 36.4 Å². The molecule has 2 aliphatic rings. The number of aliphatic hydroxyl groups is 2. The summed E-state index contributed by atoms with van der Waals surface area (Å²) in [7, 11) is 0. The molecule has 0 spiro atoms. The minimum Gasteiger partial charge on any atom is -0.491 e. The van der Waals surface area contributed by atoms with Crippen LogP contribution in [0.5, 0.6) is 5.75 Å². The maximum Gasteiger partial charge on any atom is 0.329 e. The zero-order valence-electron chi connectivity index (χ0n) is 20.7. The van der Waals surface area contributed by atoms with Crippen molar-refractivity contribution in [3.05, 3.63) is 71.9 Å². The van der Waals surface area contributed by atoms with E-state index >= 15 is 0 Å². The van der Waals surface area contributed by atoms with Crippen molar-refractivity contribution in [3.8, 4) is 17.0 Å². The number of hydrogen-bond acceptors (Lipinski definition) is 7. The monoisotopic (exact) mass is 557 g/mol. The van der Waals surface area contributed by atoms with Gasteiger partial charge >= 0.3 is 6.03 Å². The third-order valence-electron chi connectivity index (χ3n) is 6.65. The average Bonchev–Trinajstić information content (AvgIpc) is 3.36. The van der Waals surface area contributed by atoms with Crippen LogP contribution in [-0.2, 0) is 5.92 Å². The van der Waals surface area contributed by atoms with Crippen LogP contribution in [0.1, 0.15) is 12.0 Å². The Labute approximate surface area is 228 Å². The molecule has 9 nitrogen and oxygen atoms in total. The number of nitrogens with zero attached hydrogens (tertiary/aromatic N) is 4. The number of aromatic nitrogens is 2. The number of alkyl halides is 2. The fourth-order valence-corrected chi connectivity index (χ4v) is 4.92. The average molecular weight is 558 g/mol. The van der Waals surface area contributed by atoms with Crippen LogP contribution in [0.15, 0.2) is 61.3 Å². The lowest BCUT2D eigenvalue weighted by Crippen LogP contribution is -2.48. The molecule has 2 aromatic heterocycles. The van der Waals surface area contributed by atoms with Crippen LogP contribution in [0.3, 0.4) is 0 Å². The molecule has 3 aromatic rings. The second-order valence-electron chi connectivity index (χ2n) is 9.28. The highest BCUT2D eigenvalue weighted by Gasteiger charge is 2.41. The van der Waals surface area contributed by atoms with E-state index in [1.54, 1.807) is 23.1 Å². The summed E-state index contributed by atoms with van der Waals surface area (Å²) in [5.74, 6) is -2.30. The zero-order valence-corrected chi connectivity index (χ0v) is 21.5. The molecule has 0 unspecified atom stereocenters. The van der Waals surface area contributed by atoms with Gasteiger partial charge in [-0.3, -0.25) is 10.2 Å². The number of urea groups is 1. The zero-order chi connectivity index (χ0) is 27.7. The molecule has 4 heterocycles. The van der Waals surface area contributed by atoms with Gasteiger partial charge in [-0.05, 0) is 30.7 Å². The second-order valence-corrected chi connectivity index (χ2v) is 9.69. The van der Waals surface area contributed by atoms with Gasteiger partial charge in [0.1, 0.15) is 24.3 Å². The Bertz CT molecular complexity index is 1410. The van der Waals surface area contributed by atoms with Gasteiger partial charge in [0.25, 0.3) is 5.92 Å². The van der Waals surface area contributed by atoms with E-state index in [0.29, 0.717) is 48.4 Å². The molecule has 1 fully saturated rings.